The number of rotatable bonds is 10. The molecule has 2 aromatic carbocycles. The van der Waals surface area contributed by atoms with Gasteiger partial charge in [0.2, 0.25) is 0 Å². The van der Waals surface area contributed by atoms with E-state index in [-0.39, 0.29) is 11.8 Å². The third-order valence-electron chi connectivity index (χ3n) is 6.19. The second kappa shape index (κ2) is 10.5. The Labute approximate surface area is 190 Å². The van der Waals surface area contributed by atoms with Gasteiger partial charge in [-0.05, 0) is 81.7 Å². The van der Waals surface area contributed by atoms with E-state index in [0.717, 1.165) is 24.8 Å². The Morgan fingerprint density at radius 2 is 1.59 bits per heavy atom. The predicted octanol–water partition coefficient (Wildman–Crippen LogP) is 4.93. The molecule has 0 heterocycles. The Kier molecular flexibility index (Phi) is 7.78. The van der Waals surface area contributed by atoms with Crippen molar-refractivity contribution in [3.05, 3.63) is 58.7 Å². The van der Waals surface area contributed by atoms with E-state index in [4.69, 9.17) is 15.2 Å². The Morgan fingerprint density at radius 3 is 2.03 bits per heavy atom. The number of ether oxygens (including phenoxy) is 2. The van der Waals surface area contributed by atoms with Crippen molar-refractivity contribution in [2.75, 3.05) is 19.8 Å². The molecule has 3 rings (SSSR count). The zero-order valence-electron chi connectivity index (χ0n) is 19.5. The van der Waals surface area contributed by atoms with E-state index >= 15 is 0 Å². The van der Waals surface area contributed by atoms with Crippen LogP contribution in [0.4, 0.5) is 4.79 Å². The largest absolute Gasteiger partial charge is 0.493 e. The molecule has 2 aromatic rings. The van der Waals surface area contributed by atoms with Gasteiger partial charge in [0.25, 0.3) is 0 Å². The molecule has 6 heteroatoms. The number of nitrogens with two attached hydrogens (primary N) is 1. The summed E-state index contributed by atoms with van der Waals surface area (Å²) in [5, 5.41) is 0. The quantitative estimate of drug-likeness (QED) is 0.533. The summed E-state index contributed by atoms with van der Waals surface area (Å²) in [7, 11) is 0. The number of ketones is 1. The Morgan fingerprint density at radius 1 is 1.06 bits per heavy atom. The number of Topliss-reactive ketones (excluding diaryl/α,β-unsaturated/α-hetero) is 1. The summed E-state index contributed by atoms with van der Waals surface area (Å²) < 4.78 is 11.5. The topological polar surface area (TPSA) is 81.9 Å². The molecule has 0 saturated carbocycles. The molecule has 172 valence electrons. The van der Waals surface area contributed by atoms with Crippen LogP contribution >= 0.6 is 0 Å². The number of carbonyl (C=O) groups is 2. The van der Waals surface area contributed by atoms with Gasteiger partial charge >= 0.3 is 6.03 Å². The molecule has 1 unspecified atom stereocenters. The van der Waals surface area contributed by atoms with Gasteiger partial charge in [0.05, 0.1) is 19.3 Å². The van der Waals surface area contributed by atoms with E-state index in [1.807, 2.05) is 32.9 Å². The summed E-state index contributed by atoms with van der Waals surface area (Å²) in [4.78, 5) is 26.3. The van der Waals surface area contributed by atoms with Gasteiger partial charge in [-0.3, -0.25) is 4.79 Å². The lowest BCUT2D eigenvalue weighted by Crippen LogP contribution is -2.39. The van der Waals surface area contributed by atoms with Crippen LogP contribution in [-0.4, -0.2) is 36.5 Å². The van der Waals surface area contributed by atoms with E-state index < -0.39 is 6.03 Å². The predicted molar refractivity (Wildman–Crippen MR) is 125 cm³/mol. The molecular formula is C26H34N2O4. The molecular weight excluding hydrogens is 404 g/mol. The highest BCUT2D eigenvalue weighted by molar-refractivity contribution is 5.99. The summed E-state index contributed by atoms with van der Waals surface area (Å²) in [5.41, 5.74) is 9.85. The average Bonchev–Trinajstić information content (AvgIpc) is 3.16. The Bertz CT molecular complexity index is 920. The number of hydrogen-bond acceptors (Lipinski definition) is 4. The van der Waals surface area contributed by atoms with Crippen LogP contribution in [0.2, 0.25) is 0 Å². The molecule has 1 aliphatic carbocycles. The summed E-state index contributed by atoms with van der Waals surface area (Å²) in [5.74, 6) is 1.33. The number of hydrogen-bond donors (Lipinski definition) is 1. The van der Waals surface area contributed by atoms with E-state index in [1.165, 1.54) is 18.1 Å². The molecule has 32 heavy (non-hydrogen) atoms. The monoisotopic (exact) mass is 438 g/mol. The summed E-state index contributed by atoms with van der Waals surface area (Å²) in [6.07, 6.45) is 2.95. The molecule has 0 bridgehead atoms. The van der Waals surface area contributed by atoms with Crippen LogP contribution in [0.15, 0.2) is 36.4 Å². The highest BCUT2D eigenvalue weighted by Crippen LogP contribution is 2.36. The van der Waals surface area contributed by atoms with Gasteiger partial charge in [0.15, 0.2) is 5.78 Å². The number of urea groups is 1. The van der Waals surface area contributed by atoms with E-state index in [9.17, 15) is 9.59 Å². The summed E-state index contributed by atoms with van der Waals surface area (Å²) in [6.45, 7) is 8.60. The number of amides is 2. The maximum absolute atomic E-state index is 12.4. The van der Waals surface area contributed by atoms with Crippen molar-refractivity contribution in [1.82, 2.24) is 4.90 Å². The minimum atomic E-state index is -0.459. The minimum Gasteiger partial charge on any atom is -0.493 e. The fourth-order valence-corrected chi connectivity index (χ4v) is 4.59. The van der Waals surface area contributed by atoms with Crippen LogP contribution < -0.4 is 15.2 Å². The van der Waals surface area contributed by atoms with Crippen molar-refractivity contribution in [2.24, 2.45) is 11.7 Å². The third-order valence-corrected chi connectivity index (χ3v) is 6.19. The van der Waals surface area contributed by atoms with Gasteiger partial charge in [-0.2, -0.15) is 0 Å². The summed E-state index contributed by atoms with van der Waals surface area (Å²) in [6, 6.07) is 11.4. The van der Waals surface area contributed by atoms with Crippen molar-refractivity contribution in [3.63, 3.8) is 0 Å². The molecule has 0 saturated heterocycles. The number of nitrogens with zero attached hydrogens (tertiary/aromatic N) is 1. The number of benzene rings is 2. The SMILES string of the molecule is CCOc1cc(C(C)N(CCC2Cc3ccccc3C2)C(N)=O)cc(OCC)c1C(C)=O. The van der Waals surface area contributed by atoms with Crippen molar-refractivity contribution in [3.8, 4) is 11.5 Å². The van der Waals surface area contributed by atoms with Crippen molar-refractivity contribution in [1.29, 1.82) is 0 Å². The van der Waals surface area contributed by atoms with Gasteiger partial charge in [-0.15, -0.1) is 0 Å². The molecule has 0 aliphatic heterocycles. The van der Waals surface area contributed by atoms with Crippen LogP contribution in [0.1, 0.15) is 67.2 Å². The lowest BCUT2D eigenvalue weighted by molar-refractivity contribution is 0.101. The zero-order valence-corrected chi connectivity index (χ0v) is 19.5. The van der Waals surface area contributed by atoms with Crippen LogP contribution in [0, 0.1) is 5.92 Å². The lowest BCUT2D eigenvalue weighted by atomic mass is 9.98. The number of primary amides is 1. The molecule has 2 N–H and O–H groups in total. The molecule has 1 atom stereocenters. The first kappa shape index (κ1) is 23.6. The summed E-state index contributed by atoms with van der Waals surface area (Å²) >= 11 is 0. The molecule has 0 spiro atoms. The zero-order chi connectivity index (χ0) is 23.3. The normalized spacial score (nSPS) is 14.0. The highest BCUT2D eigenvalue weighted by atomic mass is 16.5. The Balaban J connectivity index is 1.81. The first-order valence-corrected chi connectivity index (χ1v) is 11.4. The van der Waals surface area contributed by atoms with Crippen molar-refractivity contribution < 1.29 is 19.1 Å². The maximum atomic E-state index is 12.4. The van der Waals surface area contributed by atoms with Crippen LogP contribution in [0.3, 0.4) is 0 Å². The first-order valence-electron chi connectivity index (χ1n) is 11.4. The second-order valence-electron chi connectivity index (χ2n) is 8.35. The number of carbonyl (C=O) groups excluding carboxylic acids is 2. The van der Waals surface area contributed by atoms with Crippen molar-refractivity contribution >= 4 is 11.8 Å². The second-order valence-corrected chi connectivity index (χ2v) is 8.35. The number of fused-ring (bicyclic) bond motifs is 1. The van der Waals surface area contributed by atoms with Gasteiger partial charge in [-0.1, -0.05) is 24.3 Å². The maximum Gasteiger partial charge on any atom is 0.315 e. The molecule has 1 aliphatic rings. The first-order chi connectivity index (χ1) is 15.3. The molecule has 2 amide bonds. The third kappa shape index (κ3) is 5.23. The molecule has 0 fully saturated rings. The van der Waals surface area contributed by atoms with E-state index in [2.05, 4.69) is 24.3 Å². The standard InChI is InChI=1S/C26H34N2O4/c1-5-31-23-15-22(16-24(32-6-2)25(23)18(4)29)17(3)28(26(27)30)12-11-19-13-20-9-7-8-10-21(20)14-19/h7-10,15-17,19H,5-6,11-14H2,1-4H3,(H2,27,30). The molecule has 0 aromatic heterocycles. The van der Waals surface area contributed by atoms with Gasteiger partial charge in [0.1, 0.15) is 17.1 Å². The van der Waals surface area contributed by atoms with E-state index in [1.54, 1.807) is 4.90 Å². The van der Waals surface area contributed by atoms with Gasteiger partial charge in [0, 0.05) is 6.54 Å². The highest BCUT2D eigenvalue weighted by Gasteiger charge is 2.27. The van der Waals surface area contributed by atoms with Gasteiger partial charge in [-0.25, -0.2) is 4.79 Å². The fourth-order valence-electron chi connectivity index (χ4n) is 4.59. The van der Waals surface area contributed by atoms with Crippen LogP contribution in [0.25, 0.3) is 0 Å². The minimum absolute atomic E-state index is 0.122. The van der Waals surface area contributed by atoms with Crippen LogP contribution in [-0.2, 0) is 12.8 Å². The van der Waals surface area contributed by atoms with Crippen LogP contribution in [0.5, 0.6) is 11.5 Å². The van der Waals surface area contributed by atoms with E-state index in [0.29, 0.717) is 42.7 Å². The lowest BCUT2D eigenvalue weighted by Gasteiger charge is -2.30. The Hall–Kier alpha value is -3.02. The van der Waals surface area contributed by atoms with Crippen molar-refractivity contribution in [2.45, 2.75) is 53.0 Å². The van der Waals surface area contributed by atoms with Gasteiger partial charge < -0.3 is 20.1 Å². The molecule has 6 nitrogen and oxygen atoms in total. The fraction of sp³-hybridized carbons (Fsp3) is 0.462. The molecule has 0 radical (unpaired) electrons. The average molecular weight is 439 g/mol. The smallest absolute Gasteiger partial charge is 0.315 e.